The number of carbonyl (C=O) groups is 3. The van der Waals surface area contributed by atoms with Gasteiger partial charge in [0.15, 0.2) is 0 Å². The van der Waals surface area contributed by atoms with E-state index in [2.05, 4.69) is 15.5 Å². The molecule has 3 rings (SSSR count). The molecule has 2 heterocycles. The van der Waals surface area contributed by atoms with Crippen LogP contribution in [0.5, 0.6) is 0 Å². The van der Waals surface area contributed by atoms with E-state index in [1.54, 1.807) is 0 Å². The average Bonchev–Trinajstić information content (AvgIpc) is 2.92. The Morgan fingerprint density at radius 1 is 1.08 bits per heavy atom. The lowest BCUT2D eigenvalue weighted by molar-refractivity contribution is -0.161. The minimum absolute atomic E-state index is 0.0203. The summed E-state index contributed by atoms with van der Waals surface area (Å²) >= 11 is 0. The Balaban J connectivity index is 1.41. The standard InChI is InChI=1S/C28H44N4O5/c1-2-17-32-25(34)24(13-7-8-16-29-27(36)37-22-23-11-5-3-6-12-23)30-26(35)28(32)14-19-31(20-15-28)18-9-4-10-21-33/h3,5-6,11-12,24,33H,2,4,7-10,13-22H2,1H3,(H,29,36)(H,30,35)/t24-/m0/s1. The molecule has 37 heavy (non-hydrogen) atoms. The van der Waals surface area contributed by atoms with Gasteiger partial charge in [0.1, 0.15) is 18.2 Å². The quantitative estimate of drug-likeness (QED) is 0.328. The molecule has 9 heteroatoms. The van der Waals surface area contributed by atoms with Gasteiger partial charge < -0.3 is 30.3 Å². The second-order valence-electron chi connectivity index (χ2n) is 10.2. The van der Waals surface area contributed by atoms with Crippen LogP contribution in [-0.4, -0.2) is 83.7 Å². The van der Waals surface area contributed by atoms with Gasteiger partial charge in [-0.05, 0) is 69.9 Å². The number of amides is 3. The number of piperidine rings is 1. The first kappa shape index (κ1) is 28.9. The molecule has 3 amide bonds. The van der Waals surface area contributed by atoms with Gasteiger partial charge in [-0.2, -0.15) is 0 Å². The van der Waals surface area contributed by atoms with Gasteiger partial charge in [-0.15, -0.1) is 0 Å². The summed E-state index contributed by atoms with van der Waals surface area (Å²) in [4.78, 5) is 42.9. The lowest BCUT2D eigenvalue weighted by atomic mass is 9.81. The maximum atomic E-state index is 13.4. The molecule has 0 aromatic heterocycles. The van der Waals surface area contributed by atoms with Gasteiger partial charge in [-0.1, -0.05) is 37.3 Å². The van der Waals surface area contributed by atoms with E-state index in [-0.39, 0.29) is 25.0 Å². The van der Waals surface area contributed by atoms with Crippen LogP contribution in [0.25, 0.3) is 0 Å². The number of nitrogens with one attached hydrogen (secondary N) is 2. The first-order chi connectivity index (χ1) is 18.0. The molecule has 1 atom stereocenters. The van der Waals surface area contributed by atoms with Gasteiger partial charge in [0.05, 0.1) is 0 Å². The van der Waals surface area contributed by atoms with E-state index in [1.165, 1.54) is 0 Å². The van der Waals surface area contributed by atoms with Crippen molar-refractivity contribution in [3.63, 3.8) is 0 Å². The van der Waals surface area contributed by atoms with E-state index >= 15 is 0 Å². The number of ether oxygens (including phenoxy) is 1. The molecule has 1 aromatic carbocycles. The number of carbonyl (C=O) groups excluding carboxylic acids is 3. The molecule has 9 nitrogen and oxygen atoms in total. The van der Waals surface area contributed by atoms with Crippen LogP contribution in [0.3, 0.4) is 0 Å². The highest BCUT2D eigenvalue weighted by Crippen LogP contribution is 2.34. The zero-order valence-corrected chi connectivity index (χ0v) is 22.3. The van der Waals surface area contributed by atoms with Crippen LogP contribution >= 0.6 is 0 Å². The Morgan fingerprint density at radius 3 is 2.54 bits per heavy atom. The third kappa shape index (κ3) is 8.17. The van der Waals surface area contributed by atoms with Gasteiger partial charge in [-0.3, -0.25) is 9.59 Å². The zero-order chi connectivity index (χ0) is 26.5. The summed E-state index contributed by atoms with van der Waals surface area (Å²) < 4.78 is 5.22. The van der Waals surface area contributed by atoms with Crippen LogP contribution in [0.1, 0.15) is 70.3 Å². The molecule has 0 saturated carbocycles. The Labute approximate surface area is 220 Å². The van der Waals surface area contributed by atoms with Gasteiger partial charge in [-0.25, -0.2) is 4.79 Å². The second kappa shape index (κ2) is 14.9. The summed E-state index contributed by atoms with van der Waals surface area (Å²) in [6, 6.07) is 9.01. The summed E-state index contributed by atoms with van der Waals surface area (Å²) in [5.41, 5.74) is 0.192. The number of unbranched alkanes of at least 4 members (excludes halogenated alkanes) is 3. The number of piperazine rings is 1. The Morgan fingerprint density at radius 2 is 1.84 bits per heavy atom. The Bertz CT molecular complexity index is 857. The van der Waals surface area contributed by atoms with Gasteiger partial charge in [0.25, 0.3) is 0 Å². The summed E-state index contributed by atoms with van der Waals surface area (Å²) in [6.07, 6.45) is 6.51. The molecule has 2 aliphatic heterocycles. The number of nitrogens with zero attached hydrogens (tertiary/aromatic N) is 2. The Hall–Kier alpha value is -2.65. The lowest BCUT2D eigenvalue weighted by Crippen LogP contribution is -2.72. The SMILES string of the molecule is CCCN1C(=O)[C@H](CCCCNC(=O)OCc2ccccc2)NC(=O)C12CCN(CCCCCO)CC2. The minimum Gasteiger partial charge on any atom is -0.445 e. The van der Waals surface area contributed by atoms with Crippen molar-refractivity contribution in [1.29, 1.82) is 0 Å². The number of hydrogen-bond donors (Lipinski definition) is 3. The van der Waals surface area contributed by atoms with Crippen LogP contribution in [0.4, 0.5) is 4.79 Å². The first-order valence-corrected chi connectivity index (χ1v) is 13.9. The van der Waals surface area contributed by atoms with Crippen molar-refractivity contribution in [2.45, 2.75) is 82.9 Å². The number of benzene rings is 1. The molecule has 3 N–H and O–H groups in total. The smallest absolute Gasteiger partial charge is 0.407 e. The van der Waals surface area contributed by atoms with Crippen molar-refractivity contribution in [2.24, 2.45) is 0 Å². The number of rotatable bonds is 14. The maximum absolute atomic E-state index is 13.4. The molecule has 1 aromatic rings. The van der Waals surface area contributed by atoms with E-state index < -0.39 is 17.7 Å². The summed E-state index contributed by atoms with van der Waals surface area (Å²) in [6.45, 7) is 6.13. The molecule has 0 radical (unpaired) electrons. The fraction of sp³-hybridized carbons (Fsp3) is 0.679. The fourth-order valence-corrected chi connectivity index (χ4v) is 5.32. The topological polar surface area (TPSA) is 111 Å². The first-order valence-electron chi connectivity index (χ1n) is 13.9. The van der Waals surface area contributed by atoms with Crippen molar-refractivity contribution in [3.8, 4) is 0 Å². The van der Waals surface area contributed by atoms with Crippen LogP contribution in [0, 0.1) is 0 Å². The van der Waals surface area contributed by atoms with Crippen molar-refractivity contribution < 1.29 is 24.2 Å². The molecular formula is C28H44N4O5. The monoisotopic (exact) mass is 516 g/mol. The molecule has 0 unspecified atom stereocenters. The van der Waals surface area contributed by atoms with E-state index in [0.29, 0.717) is 45.2 Å². The zero-order valence-electron chi connectivity index (χ0n) is 22.3. The van der Waals surface area contributed by atoms with Crippen LogP contribution in [0.15, 0.2) is 30.3 Å². The predicted molar refractivity (Wildman–Crippen MR) is 142 cm³/mol. The van der Waals surface area contributed by atoms with Crippen LogP contribution in [-0.2, 0) is 20.9 Å². The normalized spacial score (nSPS) is 19.6. The molecular weight excluding hydrogens is 472 g/mol. The van der Waals surface area contributed by atoms with E-state index in [0.717, 1.165) is 50.9 Å². The van der Waals surface area contributed by atoms with E-state index in [1.807, 2.05) is 42.2 Å². The van der Waals surface area contributed by atoms with E-state index in [4.69, 9.17) is 9.84 Å². The van der Waals surface area contributed by atoms with Crippen LogP contribution < -0.4 is 10.6 Å². The molecule has 0 aliphatic carbocycles. The second-order valence-corrected chi connectivity index (χ2v) is 10.2. The average molecular weight is 517 g/mol. The summed E-state index contributed by atoms with van der Waals surface area (Å²) in [5, 5.41) is 14.8. The van der Waals surface area contributed by atoms with Gasteiger partial charge in [0, 0.05) is 32.8 Å². The van der Waals surface area contributed by atoms with E-state index in [9.17, 15) is 14.4 Å². The maximum Gasteiger partial charge on any atom is 0.407 e. The van der Waals surface area contributed by atoms with Crippen molar-refractivity contribution in [3.05, 3.63) is 35.9 Å². The molecule has 0 bridgehead atoms. The fourth-order valence-electron chi connectivity index (χ4n) is 5.32. The number of hydrogen-bond acceptors (Lipinski definition) is 6. The third-order valence-corrected chi connectivity index (χ3v) is 7.47. The van der Waals surface area contributed by atoms with Crippen molar-refractivity contribution in [1.82, 2.24) is 20.4 Å². The number of alkyl carbamates (subject to hydrolysis) is 1. The van der Waals surface area contributed by atoms with Crippen molar-refractivity contribution >= 4 is 17.9 Å². The molecule has 2 fully saturated rings. The third-order valence-electron chi connectivity index (χ3n) is 7.47. The van der Waals surface area contributed by atoms with Crippen LogP contribution in [0.2, 0.25) is 0 Å². The highest BCUT2D eigenvalue weighted by molar-refractivity contribution is 6.00. The minimum atomic E-state index is -0.741. The molecule has 1 spiro atoms. The van der Waals surface area contributed by atoms with Gasteiger partial charge >= 0.3 is 6.09 Å². The highest BCUT2D eigenvalue weighted by atomic mass is 16.5. The number of aliphatic hydroxyl groups excluding tert-OH is 1. The summed E-state index contributed by atoms with van der Waals surface area (Å²) in [7, 11) is 0. The molecule has 2 saturated heterocycles. The van der Waals surface area contributed by atoms with Crippen molar-refractivity contribution in [2.75, 3.05) is 39.3 Å². The highest BCUT2D eigenvalue weighted by Gasteiger charge is 2.52. The lowest BCUT2D eigenvalue weighted by Gasteiger charge is -2.51. The largest absolute Gasteiger partial charge is 0.445 e. The number of aliphatic hydroxyl groups is 1. The van der Waals surface area contributed by atoms with Gasteiger partial charge in [0.2, 0.25) is 11.8 Å². The molecule has 206 valence electrons. The summed E-state index contributed by atoms with van der Waals surface area (Å²) in [5.74, 6) is 0.00108. The number of likely N-dealkylation sites (tertiary alicyclic amines) is 1. The predicted octanol–water partition coefficient (Wildman–Crippen LogP) is 2.82. The molecule has 2 aliphatic rings. The Kier molecular flexibility index (Phi) is 11.7.